The fourth-order valence-electron chi connectivity index (χ4n) is 1.08. The van der Waals surface area contributed by atoms with Gasteiger partial charge in [-0.3, -0.25) is 0 Å². The molecule has 0 bridgehead atoms. The number of hydrogen-bond donors (Lipinski definition) is 1. The Kier molecular flexibility index (Phi) is 3.42. The maximum atomic E-state index is 12.0. The van der Waals surface area contributed by atoms with Gasteiger partial charge in [-0.15, -0.1) is 3.89 Å². The monoisotopic (exact) mass is 197 g/mol. The number of morpholine rings is 1. The molecule has 6 heteroatoms. The van der Waals surface area contributed by atoms with E-state index < -0.39 is 16.0 Å². The van der Waals surface area contributed by atoms with Gasteiger partial charge in [-0.25, -0.2) is 0 Å². The SMILES string of the molecule is O=S(=O)(F)CCC1CNCCO1. The van der Waals surface area contributed by atoms with E-state index in [4.69, 9.17) is 4.74 Å². The van der Waals surface area contributed by atoms with Crippen LogP contribution in [0, 0.1) is 0 Å². The van der Waals surface area contributed by atoms with Gasteiger partial charge in [0, 0.05) is 13.1 Å². The zero-order valence-electron chi connectivity index (χ0n) is 6.62. The van der Waals surface area contributed by atoms with E-state index in [2.05, 4.69) is 5.32 Å². The molecule has 1 rings (SSSR count). The van der Waals surface area contributed by atoms with Gasteiger partial charge in [-0.2, -0.15) is 8.42 Å². The molecule has 0 aromatic rings. The number of ether oxygens (including phenoxy) is 1. The molecule has 0 saturated carbocycles. The summed E-state index contributed by atoms with van der Waals surface area (Å²) in [6.45, 7) is 1.95. The molecule has 1 unspecified atom stereocenters. The average Bonchev–Trinajstić information content (AvgIpc) is 2.02. The van der Waals surface area contributed by atoms with Crippen LogP contribution in [0.3, 0.4) is 0 Å². The van der Waals surface area contributed by atoms with E-state index in [1.165, 1.54) is 0 Å². The first-order valence-electron chi connectivity index (χ1n) is 3.82. The van der Waals surface area contributed by atoms with Crippen molar-refractivity contribution in [1.29, 1.82) is 0 Å². The Morgan fingerprint density at radius 1 is 1.58 bits per heavy atom. The number of nitrogens with one attached hydrogen (secondary N) is 1. The van der Waals surface area contributed by atoms with Gasteiger partial charge in [-0.05, 0) is 6.42 Å². The van der Waals surface area contributed by atoms with E-state index in [0.29, 0.717) is 13.2 Å². The van der Waals surface area contributed by atoms with Gasteiger partial charge in [0.15, 0.2) is 0 Å². The highest BCUT2D eigenvalue weighted by molar-refractivity contribution is 7.86. The lowest BCUT2D eigenvalue weighted by molar-refractivity contribution is 0.0270. The summed E-state index contributed by atoms with van der Waals surface area (Å²) in [6.07, 6.45) is 0.0653. The lowest BCUT2D eigenvalue weighted by Crippen LogP contribution is -2.39. The summed E-state index contributed by atoms with van der Waals surface area (Å²) >= 11 is 0. The van der Waals surface area contributed by atoms with Crippen molar-refractivity contribution in [3.05, 3.63) is 0 Å². The first-order chi connectivity index (χ1) is 5.58. The first-order valence-corrected chi connectivity index (χ1v) is 5.38. The van der Waals surface area contributed by atoms with Crippen molar-refractivity contribution < 1.29 is 17.0 Å². The Bertz CT molecular complexity index is 223. The summed E-state index contributed by atoms with van der Waals surface area (Å²) in [5.41, 5.74) is 0. The van der Waals surface area contributed by atoms with Crippen molar-refractivity contribution in [1.82, 2.24) is 5.32 Å². The molecule has 72 valence electrons. The van der Waals surface area contributed by atoms with Crippen LogP contribution in [0.5, 0.6) is 0 Å². The minimum Gasteiger partial charge on any atom is -0.376 e. The van der Waals surface area contributed by atoms with E-state index in [9.17, 15) is 12.3 Å². The van der Waals surface area contributed by atoms with Crippen molar-refractivity contribution in [2.24, 2.45) is 0 Å². The lowest BCUT2D eigenvalue weighted by Gasteiger charge is -2.22. The van der Waals surface area contributed by atoms with Gasteiger partial charge in [0.05, 0.1) is 18.5 Å². The summed E-state index contributed by atoms with van der Waals surface area (Å²) in [6, 6.07) is 0. The van der Waals surface area contributed by atoms with E-state index in [1.807, 2.05) is 0 Å². The third-order valence-electron chi connectivity index (χ3n) is 1.69. The summed E-state index contributed by atoms with van der Waals surface area (Å²) in [7, 11) is -4.33. The van der Waals surface area contributed by atoms with Gasteiger partial charge < -0.3 is 10.1 Å². The van der Waals surface area contributed by atoms with Crippen molar-refractivity contribution >= 4 is 10.2 Å². The van der Waals surface area contributed by atoms with Crippen molar-refractivity contribution in [2.45, 2.75) is 12.5 Å². The maximum absolute atomic E-state index is 12.0. The van der Waals surface area contributed by atoms with Crippen LogP contribution in [0.1, 0.15) is 6.42 Å². The molecule has 1 fully saturated rings. The second-order valence-electron chi connectivity index (χ2n) is 2.73. The Morgan fingerprint density at radius 2 is 2.33 bits per heavy atom. The quantitative estimate of drug-likeness (QED) is 0.629. The van der Waals surface area contributed by atoms with Crippen molar-refractivity contribution in [3.63, 3.8) is 0 Å². The molecular weight excluding hydrogens is 185 g/mol. The van der Waals surface area contributed by atoms with Crippen LogP contribution < -0.4 is 5.32 Å². The maximum Gasteiger partial charge on any atom is 0.302 e. The topological polar surface area (TPSA) is 55.4 Å². The normalized spacial score (nSPS) is 25.6. The molecule has 1 N–H and O–H groups in total. The zero-order valence-corrected chi connectivity index (χ0v) is 7.44. The molecule has 1 saturated heterocycles. The fourth-order valence-corrected chi connectivity index (χ4v) is 1.62. The average molecular weight is 197 g/mol. The predicted molar refractivity (Wildman–Crippen MR) is 42.1 cm³/mol. The minimum absolute atomic E-state index is 0.163. The number of rotatable bonds is 3. The van der Waals surface area contributed by atoms with E-state index in [-0.39, 0.29) is 12.5 Å². The van der Waals surface area contributed by atoms with E-state index >= 15 is 0 Å². The van der Waals surface area contributed by atoms with Crippen LogP contribution in [-0.2, 0) is 15.0 Å². The molecule has 0 aromatic carbocycles. The molecule has 1 heterocycles. The standard InChI is InChI=1S/C6H12FNO3S/c7-12(9,10)4-1-6-5-8-2-3-11-6/h6,8H,1-5H2. The van der Waals surface area contributed by atoms with Gasteiger partial charge in [-0.1, -0.05) is 0 Å². The third kappa shape index (κ3) is 3.99. The number of halogens is 1. The van der Waals surface area contributed by atoms with Crippen LogP contribution in [0.4, 0.5) is 3.89 Å². The fraction of sp³-hybridized carbons (Fsp3) is 1.00. The van der Waals surface area contributed by atoms with Crippen LogP contribution >= 0.6 is 0 Å². The molecule has 0 amide bonds. The first kappa shape index (κ1) is 9.88. The molecule has 4 nitrogen and oxygen atoms in total. The molecule has 0 aliphatic carbocycles. The highest BCUT2D eigenvalue weighted by atomic mass is 32.3. The molecule has 0 aromatic heterocycles. The Hall–Kier alpha value is -0.200. The summed E-state index contributed by atoms with van der Waals surface area (Å²) < 4.78 is 37.5. The lowest BCUT2D eigenvalue weighted by atomic mass is 10.2. The Balaban J connectivity index is 2.22. The second-order valence-corrected chi connectivity index (χ2v) is 4.21. The van der Waals surface area contributed by atoms with E-state index in [0.717, 1.165) is 6.54 Å². The highest BCUT2D eigenvalue weighted by Gasteiger charge is 2.16. The molecule has 1 atom stereocenters. The Morgan fingerprint density at radius 3 is 2.83 bits per heavy atom. The predicted octanol–water partition coefficient (Wildman–Crippen LogP) is -0.336. The van der Waals surface area contributed by atoms with Gasteiger partial charge in [0.1, 0.15) is 0 Å². The van der Waals surface area contributed by atoms with Crippen molar-refractivity contribution in [2.75, 3.05) is 25.4 Å². The largest absolute Gasteiger partial charge is 0.376 e. The molecule has 0 radical (unpaired) electrons. The molecule has 12 heavy (non-hydrogen) atoms. The summed E-state index contributed by atoms with van der Waals surface area (Å²) in [4.78, 5) is 0. The smallest absolute Gasteiger partial charge is 0.302 e. The van der Waals surface area contributed by atoms with Crippen LogP contribution in [0.2, 0.25) is 0 Å². The molecule has 1 aliphatic rings. The molecule has 0 spiro atoms. The van der Waals surface area contributed by atoms with Crippen LogP contribution in [-0.4, -0.2) is 40.0 Å². The van der Waals surface area contributed by atoms with Crippen LogP contribution in [0.25, 0.3) is 0 Å². The van der Waals surface area contributed by atoms with Crippen molar-refractivity contribution in [3.8, 4) is 0 Å². The Labute approximate surface area is 71.3 Å². The molecular formula is C6H12FNO3S. The summed E-state index contributed by atoms with van der Waals surface area (Å²) in [5, 5.41) is 3.03. The summed E-state index contributed by atoms with van der Waals surface area (Å²) in [5.74, 6) is -0.445. The third-order valence-corrected chi connectivity index (χ3v) is 2.41. The van der Waals surface area contributed by atoms with Gasteiger partial charge in [0.25, 0.3) is 0 Å². The number of hydrogen-bond acceptors (Lipinski definition) is 4. The van der Waals surface area contributed by atoms with E-state index in [1.54, 1.807) is 0 Å². The highest BCUT2D eigenvalue weighted by Crippen LogP contribution is 2.04. The van der Waals surface area contributed by atoms with Crippen LogP contribution in [0.15, 0.2) is 0 Å². The van der Waals surface area contributed by atoms with Gasteiger partial charge in [0.2, 0.25) is 0 Å². The zero-order chi connectivity index (χ0) is 9.03. The minimum atomic E-state index is -4.33. The van der Waals surface area contributed by atoms with Gasteiger partial charge >= 0.3 is 10.2 Å². The second kappa shape index (κ2) is 4.15. The molecule has 1 aliphatic heterocycles.